The average molecular weight is 247 g/mol. The van der Waals surface area contributed by atoms with E-state index in [0.717, 1.165) is 25.3 Å². The van der Waals surface area contributed by atoms with Gasteiger partial charge < -0.3 is 10.6 Å². The quantitative estimate of drug-likeness (QED) is 0.778. The predicted molar refractivity (Wildman–Crippen MR) is 76.8 cm³/mol. The van der Waals surface area contributed by atoms with E-state index in [1.54, 1.807) is 0 Å². The van der Waals surface area contributed by atoms with Crippen LogP contribution in [0.2, 0.25) is 0 Å². The minimum Gasteiger partial charge on any atom is -0.367 e. The number of anilines is 1. The molecular formula is C15H25N3. The maximum atomic E-state index is 4.64. The van der Waals surface area contributed by atoms with Crippen molar-refractivity contribution in [1.29, 1.82) is 0 Å². The molecule has 3 heteroatoms. The first-order valence-corrected chi connectivity index (χ1v) is 7.14. The van der Waals surface area contributed by atoms with Gasteiger partial charge in [-0.05, 0) is 49.4 Å². The molecule has 0 radical (unpaired) electrons. The van der Waals surface area contributed by atoms with E-state index in [0.29, 0.717) is 12.0 Å². The Hall–Kier alpha value is -1.09. The molecule has 100 valence electrons. The zero-order valence-electron chi connectivity index (χ0n) is 11.8. The predicted octanol–water partition coefficient (Wildman–Crippen LogP) is 2.96. The maximum Gasteiger partial charge on any atom is 0.126 e. The van der Waals surface area contributed by atoms with Crippen LogP contribution in [-0.4, -0.2) is 17.6 Å². The summed E-state index contributed by atoms with van der Waals surface area (Å²) in [6.45, 7) is 8.63. The second-order valence-corrected chi connectivity index (χ2v) is 5.65. The maximum absolute atomic E-state index is 4.64. The fourth-order valence-corrected chi connectivity index (χ4v) is 1.95. The fraction of sp³-hybridized carbons (Fsp3) is 0.667. The lowest BCUT2D eigenvalue weighted by molar-refractivity contribution is 0.552. The summed E-state index contributed by atoms with van der Waals surface area (Å²) in [6, 6.07) is 5.07. The standard InChI is InChI=1S/C15H25N3/c1-4-13-7-12(10-16-9-11(2)3)8-15(17-13)18-14-5-6-14/h7-8,11,14,16H,4-6,9-10H2,1-3H3,(H,17,18). The van der Waals surface area contributed by atoms with Crippen molar-refractivity contribution in [2.45, 2.75) is 52.6 Å². The largest absolute Gasteiger partial charge is 0.367 e. The number of rotatable bonds is 7. The summed E-state index contributed by atoms with van der Waals surface area (Å²) >= 11 is 0. The van der Waals surface area contributed by atoms with Crippen molar-refractivity contribution in [3.63, 3.8) is 0 Å². The second kappa shape index (κ2) is 6.19. The number of aryl methyl sites for hydroxylation is 1. The van der Waals surface area contributed by atoms with Gasteiger partial charge in [0.05, 0.1) is 0 Å². The molecular weight excluding hydrogens is 222 g/mol. The van der Waals surface area contributed by atoms with Crippen LogP contribution in [-0.2, 0) is 13.0 Å². The highest BCUT2D eigenvalue weighted by Gasteiger charge is 2.21. The highest BCUT2D eigenvalue weighted by atomic mass is 15.0. The molecule has 1 saturated carbocycles. The van der Waals surface area contributed by atoms with Crippen molar-refractivity contribution in [2.24, 2.45) is 5.92 Å². The van der Waals surface area contributed by atoms with Gasteiger partial charge in [0.15, 0.2) is 0 Å². The molecule has 1 heterocycles. The van der Waals surface area contributed by atoms with E-state index >= 15 is 0 Å². The fourth-order valence-electron chi connectivity index (χ4n) is 1.95. The van der Waals surface area contributed by atoms with Crippen molar-refractivity contribution < 1.29 is 0 Å². The van der Waals surface area contributed by atoms with Gasteiger partial charge in [-0.1, -0.05) is 20.8 Å². The topological polar surface area (TPSA) is 37.0 Å². The molecule has 0 unspecified atom stereocenters. The van der Waals surface area contributed by atoms with Gasteiger partial charge in [0.2, 0.25) is 0 Å². The third kappa shape index (κ3) is 4.30. The number of aromatic nitrogens is 1. The summed E-state index contributed by atoms with van der Waals surface area (Å²) in [5.74, 6) is 1.75. The van der Waals surface area contributed by atoms with E-state index in [4.69, 9.17) is 0 Å². The van der Waals surface area contributed by atoms with Gasteiger partial charge >= 0.3 is 0 Å². The second-order valence-electron chi connectivity index (χ2n) is 5.65. The number of nitrogens with one attached hydrogen (secondary N) is 2. The van der Waals surface area contributed by atoms with Crippen LogP contribution < -0.4 is 10.6 Å². The van der Waals surface area contributed by atoms with E-state index in [1.165, 1.54) is 24.1 Å². The van der Waals surface area contributed by atoms with Gasteiger partial charge in [0.1, 0.15) is 5.82 Å². The summed E-state index contributed by atoms with van der Waals surface area (Å²) in [7, 11) is 0. The molecule has 1 fully saturated rings. The molecule has 0 aromatic carbocycles. The summed E-state index contributed by atoms with van der Waals surface area (Å²) in [6.07, 6.45) is 3.58. The summed E-state index contributed by atoms with van der Waals surface area (Å²) in [5.41, 5.74) is 2.52. The third-order valence-corrected chi connectivity index (χ3v) is 3.11. The Labute approximate surface area is 110 Å². The number of nitrogens with zero attached hydrogens (tertiary/aromatic N) is 1. The molecule has 1 aromatic heterocycles. The van der Waals surface area contributed by atoms with Crippen molar-refractivity contribution in [3.8, 4) is 0 Å². The molecule has 0 aliphatic heterocycles. The van der Waals surface area contributed by atoms with Crippen molar-refractivity contribution in [2.75, 3.05) is 11.9 Å². The van der Waals surface area contributed by atoms with Gasteiger partial charge in [0, 0.05) is 18.3 Å². The molecule has 0 saturated heterocycles. The molecule has 0 spiro atoms. The first-order chi connectivity index (χ1) is 8.67. The molecule has 3 nitrogen and oxygen atoms in total. The normalized spacial score (nSPS) is 15.1. The van der Waals surface area contributed by atoms with Gasteiger partial charge in [-0.3, -0.25) is 0 Å². The van der Waals surface area contributed by atoms with Crippen LogP contribution in [0.25, 0.3) is 0 Å². The summed E-state index contributed by atoms with van der Waals surface area (Å²) < 4.78 is 0. The van der Waals surface area contributed by atoms with Crippen LogP contribution in [0.1, 0.15) is 44.9 Å². The van der Waals surface area contributed by atoms with Gasteiger partial charge in [-0.15, -0.1) is 0 Å². The Bertz CT molecular complexity index is 383. The zero-order valence-corrected chi connectivity index (χ0v) is 11.8. The highest BCUT2D eigenvalue weighted by Crippen LogP contribution is 2.24. The van der Waals surface area contributed by atoms with Crippen molar-refractivity contribution in [3.05, 3.63) is 23.4 Å². The lowest BCUT2D eigenvalue weighted by Crippen LogP contribution is -2.19. The van der Waals surface area contributed by atoms with E-state index in [2.05, 4.69) is 48.5 Å². The van der Waals surface area contributed by atoms with Crippen LogP contribution in [0.4, 0.5) is 5.82 Å². The number of hydrogen-bond acceptors (Lipinski definition) is 3. The zero-order chi connectivity index (χ0) is 13.0. The van der Waals surface area contributed by atoms with Crippen LogP contribution >= 0.6 is 0 Å². The molecule has 1 aliphatic rings. The van der Waals surface area contributed by atoms with Crippen molar-refractivity contribution in [1.82, 2.24) is 10.3 Å². The molecule has 1 aliphatic carbocycles. The molecule has 1 aromatic rings. The molecule has 0 atom stereocenters. The minimum atomic E-state index is 0.668. The van der Waals surface area contributed by atoms with Crippen LogP contribution in [0.3, 0.4) is 0 Å². The Balaban J connectivity index is 1.98. The Morgan fingerprint density at radius 3 is 2.72 bits per heavy atom. The highest BCUT2D eigenvalue weighted by molar-refractivity contribution is 5.41. The van der Waals surface area contributed by atoms with Gasteiger partial charge in [0.25, 0.3) is 0 Å². The molecule has 0 amide bonds. The molecule has 0 bridgehead atoms. The van der Waals surface area contributed by atoms with E-state index < -0.39 is 0 Å². The lowest BCUT2D eigenvalue weighted by Gasteiger charge is -2.11. The third-order valence-electron chi connectivity index (χ3n) is 3.11. The van der Waals surface area contributed by atoms with Gasteiger partial charge in [-0.2, -0.15) is 0 Å². The van der Waals surface area contributed by atoms with E-state index in [1.807, 2.05) is 0 Å². The Morgan fingerprint density at radius 2 is 2.11 bits per heavy atom. The Morgan fingerprint density at radius 1 is 1.33 bits per heavy atom. The number of pyridine rings is 1. The van der Waals surface area contributed by atoms with Crippen molar-refractivity contribution >= 4 is 5.82 Å². The van der Waals surface area contributed by atoms with Gasteiger partial charge in [-0.25, -0.2) is 4.98 Å². The van der Waals surface area contributed by atoms with Crippen LogP contribution in [0.5, 0.6) is 0 Å². The van der Waals surface area contributed by atoms with Crippen LogP contribution in [0, 0.1) is 5.92 Å². The minimum absolute atomic E-state index is 0.668. The first kappa shape index (κ1) is 13.3. The SMILES string of the molecule is CCc1cc(CNCC(C)C)cc(NC2CC2)n1. The van der Waals surface area contributed by atoms with Crippen LogP contribution in [0.15, 0.2) is 12.1 Å². The average Bonchev–Trinajstić information content (AvgIpc) is 3.12. The smallest absolute Gasteiger partial charge is 0.126 e. The molecule has 18 heavy (non-hydrogen) atoms. The first-order valence-electron chi connectivity index (χ1n) is 7.14. The Kier molecular flexibility index (Phi) is 4.59. The van der Waals surface area contributed by atoms with E-state index in [-0.39, 0.29) is 0 Å². The molecule has 2 N–H and O–H groups in total. The van der Waals surface area contributed by atoms with E-state index in [9.17, 15) is 0 Å². The monoisotopic (exact) mass is 247 g/mol. The summed E-state index contributed by atoms with van der Waals surface area (Å²) in [5, 5.41) is 6.98. The lowest BCUT2D eigenvalue weighted by atomic mass is 10.1. The molecule has 2 rings (SSSR count). The number of hydrogen-bond donors (Lipinski definition) is 2. The summed E-state index contributed by atoms with van der Waals surface area (Å²) in [4.78, 5) is 4.64.